The van der Waals surface area contributed by atoms with E-state index >= 15 is 0 Å². The van der Waals surface area contributed by atoms with Gasteiger partial charge in [0, 0.05) is 36.3 Å². The number of pyridine rings is 1. The summed E-state index contributed by atoms with van der Waals surface area (Å²) in [4.78, 5) is 4.05. The molecule has 2 heterocycles. The molecule has 5 nitrogen and oxygen atoms in total. The molecule has 2 aromatic heterocycles. The van der Waals surface area contributed by atoms with E-state index in [-0.39, 0.29) is 0 Å². The van der Waals surface area contributed by atoms with E-state index in [0.29, 0.717) is 5.69 Å². The van der Waals surface area contributed by atoms with Crippen molar-refractivity contribution >= 4 is 5.69 Å². The van der Waals surface area contributed by atoms with Gasteiger partial charge in [-0.05, 0) is 36.8 Å². The largest absolute Gasteiger partial charge is 0.291 e. The number of hydrogen-bond donors (Lipinski definition) is 2. The molecule has 21 heavy (non-hydrogen) atoms. The van der Waals surface area contributed by atoms with Crippen LogP contribution in [0.15, 0.2) is 55.0 Å². The SMILES string of the molecule is CCn1cc(-c2cccc(NO)c2)c(-c2ccncc2)n1. The van der Waals surface area contributed by atoms with Crippen molar-refractivity contribution in [2.24, 2.45) is 0 Å². The fraction of sp³-hybridized carbons (Fsp3) is 0.125. The minimum atomic E-state index is 0.650. The van der Waals surface area contributed by atoms with Gasteiger partial charge in [0.1, 0.15) is 5.69 Å². The van der Waals surface area contributed by atoms with Gasteiger partial charge in [-0.2, -0.15) is 5.10 Å². The van der Waals surface area contributed by atoms with Gasteiger partial charge < -0.3 is 0 Å². The molecule has 5 heteroatoms. The molecule has 0 saturated carbocycles. The highest BCUT2D eigenvalue weighted by Crippen LogP contribution is 2.31. The first-order chi connectivity index (χ1) is 10.3. The molecule has 0 aliphatic carbocycles. The van der Waals surface area contributed by atoms with Crippen LogP contribution in [0, 0.1) is 0 Å². The summed E-state index contributed by atoms with van der Waals surface area (Å²) in [6, 6.07) is 11.5. The van der Waals surface area contributed by atoms with Crippen LogP contribution in [-0.4, -0.2) is 20.0 Å². The molecule has 3 rings (SSSR count). The summed E-state index contributed by atoms with van der Waals surface area (Å²) < 4.78 is 1.91. The fourth-order valence-electron chi connectivity index (χ4n) is 2.27. The van der Waals surface area contributed by atoms with E-state index in [0.717, 1.165) is 28.9 Å². The number of rotatable bonds is 4. The normalized spacial score (nSPS) is 10.6. The van der Waals surface area contributed by atoms with Crippen molar-refractivity contribution in [2.45, 2.75) is 13.5 Å². The molecule has 0 fully saturated rings. The second-order valence-electron chi connectivity index (χ2n) is 4.68. The standard InChI is InChI=1S/C16H16N4O/c1-2-20-11-15(13-4-3-5-14(10-13)19-21)16(18-20)12-6-8-17-9-7-12/h3-11,19,21H,2H2,1H3. The van der Waals surface area contributed by atoms with Gasteiger partial charge in [0.25, 0.3) is 0 Å². The summed E-state index contributed by atoms with van der Waals surface area (Å²) >= 11 is 0. The van der Waals surface area contributed by atoms with Crippen LogP contribution >= 0.6 is 0 Å². The second kappa shape index (κ2) is 5.76. The lowest BCUT2D eigenvalue weighted by molar-refractivity contribution is 0.389. The number of benzene rings is 1. The van der Waals surface area contributed by atoms with Crippen LogP contribution in [0.2, 0.25) is 0 Å². The number of anilines is 1. The number of aryl methyl sites for hydroxylation is 1. The molecular weight excluding hydrogens is 264 g/mol. The molecular formula is C16H16N4O. The maximum Gasteiger partial charge on any atom is 0.100 e. The van der Waals surface area contributed by atoms with Gasteiger partial charge >= 0.3 is 0 Å². The maximum absolute atomic E-state index is 9.07. The van der Waals surface area contributed by atoms with E-state index in [4.69, 9.17) is 5.21 Å². The molecule has 0 amide bonds. The van der Waals surface area contributed by atoms with Crippen LogP contribution in [0.4, 0.5) is 5.69 Å². The van der Waals surface area contributed by atoms with E-state index in [1.165, 1.54) is 0 Å². The zero-order chi connectivity index (χ0) is 14.7. The van der Waals surface area contributed by atoms with Crippen molar-refractivity contribution in [3.05, 3.63) is 55.0 Å². The highest BCUT2D eigenvalue weighted by atomic mass is 16.5. The van der Waals surface area contributed by atoms with Crippen LogP contribution in [0.5, 0.6) is 0 Å². The van der Waals surface area contributed by atoms with Gasteiger partial charge in [-0.1, -0.05) is 12.1 Å². The van der Waals surface area contributed by atoms with Gasteiger partial charge in [0.15, 0.2) is 0 Å². The highest BCUT2D eigenvalue weighted by Gasteiger charge is 2.13. The number of nitrogens with zero attached hydrogens (tertiary/aromatic N) is 3. The molecule has 0 spiro atoms. The third-order valence-electron chi connectivity index (χ3n) is 3.34. The van der Waals surface area contributed by atoms with Crippen molar-refractivity contribution in [2.75, 3.05) is 5.48 Å². The summed E-state index contributed by atoms with van der Waals surface area (Å²) in [6.07, 6.45) is 5.54. The Balaban J connectivity index is 2.15. The van der Waals surface area contributed by atoms with Crippen molar-refractivity contribution in [3.63, 3.8) is 0 Å². The quantitative estimate of drug-likeness (QED) is 0.719. The second-order valence-corrected chi connectivity index (χ2v) is 4.68. The Bertz CT molecular complexity index is 737. The van der Waals surface area contributed by atoms with Gasteiger partial charge in [-0.25, -0.2) is 0 Å². The van der Waals surface area contributed by atoms with Crippen molar-refractivity contribution in [1.82, 2.24) is 14.8 Å². The van der Waals surface area contributed by atoms with E-state index in [1.54, 1.807) is 18.5 Å². The number of aromatic nitrogens is 3. The lowest BCUT2D eigenvalue weighted by Crippen LogP contribution is -1.93. The first-order valence-corrected chi connectivity index (χ1v) is 6.80. The van der Waals surface area contributed by atoms with E-state index in [2.05, 4.69) is 22.5 Å². The van der Waals surface area contributed by atoms with Crippen LogP contribution in [0.1, 0.15) is 6.92 Å². The lowest BCUT2D eigenvalue weighted by atomic mass is 10.0. The summed E-state index contributed by atoms with van der Waals surface area (Å²) in [6.45, 7) is 2.86. The Morgan fingerprint density at radius 2 is 1.95 bits per heavy atom. The Kier molecular flexibility index (Phi) is 3.66. The van der Waals surface area contributed by atoms with Crippen LogP contribution in [0.3, 0.4) is 0 Å². The van der Waals surface area contributed by atoms with E-state index < -0.39 is 0 Å². The third kappa shape index (κ3) is 2.64. The van der Waals surface area contributed by atoms with Crippen molar-refractivity contribution < 1.29 is 5.21 Å². The van der Waals surface area contributed by atoms with Crippen LogP contribution in [-0.2, 0) is 6.54 Å². The lowest BCUT2D eigenvalue weighted by Gasteiger charge is -2.04. The fourth-order valence-corrected chi connectivity index (χ4v) is 2.27. The summed E-state index contributed by atoms with van der Waals surface area (Å²) in [7, 11) is 0. The Hall–Kier alpha value is -2.66. The molecule has 0 bridgehead atoms. The monoisotopic (exact) mass is 280 g/mol. The van der Waals surface area contributed by atoms with Gasteiger partial charge in [-0.3, -0.25) is 20.4 Å². The highest BCUT2D eigenvalue weighted by molar-refractivity contribution is 5.81. The minimum Gasteiger partial charge on any atom is -0.291 e. The van der Waals surface area contributed by atoms with E-state index in [1.807, 2.05) is 41.2 Å². The average Bonchev–Trinajstić information content (AvgIpc) is 3.00. The smallest absolute Gasteiger partial charge is 0.100 e. The average molecular weight is 280 g/mol. The van der Waals surface area contributed by atoms with Crippen molar-refractivity contribution in [1.29, 1.82) is 0 Å². The molecule has 0 atom stereocenters. The summed E-state index contributed by atoms with van der Waals surface area (Å²) in [5, 5.41) is 13.7. The van der Waals surface area contributed by atoms with Gasteiger partial charge in [0.2, 0.25) is 0 Å². The minimum absolute atomic E-state index is 0.650. The Labute approximate surface area is 122 Å². The Morgan fingerprint density at radius 3 is 2.67 bits per heavy atom. The molecule has 0 unspecified atom stereocenters. The van der Waals surface area contributed by atoms with Crippen LogP contribution in [0.25, 0.3) is 22.4 Å². The zero-order valence-corrected chi connectivity index (χ0v) is 11.7. The third-order valence-corrected chi connectivity index (χ3v) is 3.34. The van der Waals surface area contributed by atoms with Crippen LogP contribution < -0.4 is 5.48 Å². The van der Waals surface area contributed by atoms with Gasteiger partial charge in [0.05, 0.1) is 5.69 Å². The summed E-state index contributed by atoms with van der Waals surface area (Å²) in [5.74, 6) is 0. The molecule has 2 N–H and O–H groups in total. The van der Waals surface area contributed by atoms with Gasteiger partial charge in [-0.15, -0.1) is 0 Å². The predicted octanol–water partition coefficient (Wildman–Crippen LogP) is 3.43. The van der Waals surface area contributed by atoms with Crippen molar-refractivity contribution in [3.8, 4) is 22.4 Å². The first-order valence-electron chi connectivity index (χ1n) is 6.80. The zero-order valence-electron chi connectivity index (χ0n) is 11.7. The molecule has 0 radical (unpaired) electrons. The number of nitrogens with one attached hydrogen (secondary N) is 1. The molecule has 1 aromatic carbocycles. The molecule has 0 aliphatic rings. The molecule has 0 aliphatic heterocycles. The molecule has 3 aromatic rings. The number of hydrogen-bond acceptors (Lipinski definition) is 4. The topological polar surface area (TPSA) is 63.0 Å². The maximum atomic E-state index is 9.07. The van der Waals surface area contributed by atoms with E-state index in [9.17, 15) is 0 Å². The molecule has 0 saturated heterocycles. The Morgan fingerprint density at radius 1 is 1.14 bits per heavy atom. The summed E-state index contributed by atoms with van der Waals surface area (Å²) in [5.41, 5.74) is 6.79. The first kappa shape index (κ1) is 13.3. The predicted molar refractivity (Wildman–Crippen MR) is 82.0 cm³/mol. The molecule has 106 valence electrons.